The fraction of sp³-hybridized carbons (Fsp3) is 0.194. The molecule has 0 radical (unpaired) electrons. The molecule has 5 aromatic rings. The quantitative estimate of drug-likeness (QED) is 0.191. The van der Waals surface area contributed by atoms with Gasteiger partial charge in [-0.2, -0.15) is 5.10 Å². The number of fused-ring (bicyclic) bond motifs is 1. The van der Waals surface area contributed by atoms with Crippen LogP contribution in [0.15, 0.2) is 79.1 Å². The van der Waals surface area contributed by atoms with E-state index in [2.05, 4.69) is 15.3 Å². The second-order valence-electron chi connectivity index (χ2n) is 9.39. The Labute approximate surface area is 247 Å². The minimum absolute atomic E-state index is 0.122. The van der Waals surface area contributed by atoms with E-state index in [1.165, 1.54) is 0 Å². The summed E-state index contributed by atoms with van der Waals surface area (Å²) in [6.07, 6.45) is 3.46. The molecule has 5 rings (SSSR count). The third-order valence-electron chi connectivity index (χ3n) is 6.60. The Kier molecular flexibility index (Phi) is 8.61. The van der Waals surface area contributed by atoms with Gasteiger partial charge >= 0.3 is 5.97 Å². The van der Waals surface area contributed by atoms with E-state index in [1.807, 2.05) is 60.1 Å². The summed E-state index contributed by atoms with van der Waals surface area (Å²) in [5.74, 6) is -0.601. The Morgan fingerprint density at radius 1 is 0.902 bits per heavy atom. The molecule has 8 nitrogen and oxygen atoms in total. The number of hydrogen-bond donors (Lipinski definition) is 1. The molecule has 0 aliphatic heterocycles. The normalized spacial score (nSPS) is 11.8. The second-order valence-corrected chi connectivity index (χ2v) is 10.3. The average molecular weight is 588 g/mol. The van der Waals surface area contributed by atoms with Crippen LogP contribution >= 0.6 is 23.2 Å². The molecule has 1 unspecified atom stereocenters. The van der Waals surface area contributed by atoms with Gasteiger partial charge in [-0.05, 0) is 67.9 Å². The first-order valence-electron chi connectivity index (χ1n) is 13.1. The summed E-state index contributed by atoms with van der Waals surface area (Å²) >= 11 is 12.6. The van der Waals surface area contributed by atoms with E-state index in [1.54, 1.807) is 37.5 Å². The molecule has 0 spiro atoms. The maximum absolute atomic E-state index is 12.6. The number of halogens is 2. The molecule has 2 aromatic heterocycles. The second kappa shape index (κ2) is 12.5. The first-order chi connectivity index (χ1) is 19.8. The predicted molar refractivity (Wildman–Crippen MR) is 160 cm³/mol. The maximum Gasteiger partial charge on any atom is 0.307 e. The number of hydrogen-bond acceptors (Lipinski definition) is 6. The van der Waals surface area contributed by atoms with Gasteiger partial charge in [0.2, 0.25) is 0 Å². The van der Waals surface area contributed by atoms with E-state index in [-0.39, 0.29) is 30.9 Å². The lowest BCUT2D eigenvalue weighted by Crippen LogP contribution is -2.26. The SMILES string of the molecule is CCOC(=O)CCNC(=O)c1ccc(C(C)n2nc(-c3cc(Cl)cc(Cl)c3)cc2-c2ccc3nccnc3c2)cc1. The third kappa shape index (κ3) is 6.56. The van der Waals surface area contributed by atoms with Crippen molar-refractivity contribution in [3.05, 3.63) is 100 Å². The standard InChI is InChI=1S/C31H27Cl2N5O3/c1-3-41-30(39)10-11-36-31(40)21-6-4-20(5-7-21)19(2)38-29(22-8-9-26-28(16-22)35-13-12-34-26)18-27(37-38)23-14-24(32)17-25(33)15-23/h4-9,12-19H,3,10-11H2,1-2H3,(H,36,40). The van der Waals surface area contributed by atoms with E-state index in [0.29, 0.717) is 27.9 Å². The molecule has 41 heavy (non-hydrogen) atoms. The molecular formula is C31H27Cl2N5O3. The highest BCUT2D eigenvalue weighted by molar-refractivity contribution is 6.35. The minimum atomic E-state index is -0.343. The number of aromatic nitrogens is 4. The molecule has 2 heterocycles. The van der Waals surface area contributed by atoms with Crippen LogP contribution in [0.2, 0.25) is 10.0 Å². The van der Waals surface area contributed by atoms with Gasteiger partial charge in [0.15, 0.2) is 0 Å². The van der Waals surface area contributed by atoms with Crippen LogP contribution < -0.4 is 5.32 Å². The summed E-state index contributed by atoms with van der Waals surface area (Å²) in [7, 11) is 0. The molecule has 0 saturated carbocycles. The van der Waals surface area contributed by atoms with Crippen LogP contribution in [-0.2, 0) is 9.53 Å². The minimum Gasteiger partial charge on any atom is -0.466 e. The van der Waals surface area contributed by atoms with Crippen molar-refractivity contribution in [1.29, 1.82) is 0 Å². The van der Waals surface area contributed by atoms with Gasteiger partial charge in [0.05, 0.1) is 41.5 Å². The summed E-state index contributed by atoms with van der Waals surface area (Å²) < 4.78 is 6.84. The van der Waals surface area contributed by atoms with Crippen molar-refractivity contribution >= 4 is 46.1 Å². The number of amides is 1. The monoisotopic (exact) mass is 587 g/mol. The van der Waals surface area contributed by atoms with Crippen LogP contribution in [0, 0.1) is 0 Å². The molecule has 1 atom stereocenters. The largest absolute Gasteiger partial charge is 0.466 e. The van der Waals surface area contributed by atoms with Gasteiger partial charge in [-0.15, -0.1) is 0 Å². The summed E-state index contributed by atoms with van der Waals surface area (Å²) in [6.45, 7) is 4.31. The number of esters is 1. The van der Waals surface area contributed by atoms with Gasteiger partial charge in [-0.25, -0.2) is 0 Å². The van der Waals surface area contributed by atoms with Crippen LogP contribution in [0.1, 0.15) is 42.2 Å². The maximum atomic E-state index is 12.6. The fourth-order valence-electron chi connectivity index (χ4n) is 4.54. The molecule has 0 bridgehead atoms. The van der Waals surface area contributed by atoms with Gasteiger partial charge in [0.25, 0.3) is 5.91 Å². The fourth-order valence-corrected chi connectivity index (χ4v) is 5.06. The average Bonchev–Trinajstić information content (AvgIpc) is 3.42. The van der Waals surface area contributed by atoms with Gasteiger partial charge in [0.1, 0.15) is 0 Å². The number of benzene rings is 3. The van der Waals surface area contributed by atoms with Gasteiger partial charge in [-0.1, -0.05) is 41.4 Å². The van der Waals surface area contributed by atoms with Crippen LogP contribution in [0.5, 0.6) is 0 Å². The zero-order valence-electron chi connectivity index (χ0n) is 22.5. The number of ether oxygens (including phenoxy) is 1. The Bertz CT molecular complexity index is 1700. The number of carbonyl (C=O) groups is 2. The molecule has 1 N–H and O–H groups in total. The van der Waals surface area contributed by atoms with E-state index in [4.69, 9.17) is 33.0 Å². The van der Waals surface area contributed by atoms with E-state index < -0.39 is 0 Å². The molecule has 208 valence electrons. The topological polar surface area (TPSA) is 99.0 Å². The van der Waals surface area contributed by atoms with Gasteiger partial charge in [-0.3, -0.25) is 24.2 Å². The van der Waals surface area contributed by atoms with Crippen molar-refractivity contribution in [3.8, 4) is 22.5 Å². The van der Waals surface area contributed by atoms with Crippen LogP contribution in [0.25, 0.3) is 33.5 Å². The highest BCUT2D eigenvalue weighted by atomic mass is 35.5. The summed E-state index contributed by atoms with van der Waals surface area (Å²) in [6, 6.07) is 20.4. The van der Waals surface area contributed by atoms with Crippen molar-refractivity contribution in [2.75, 3.05) is 13.2 Å². The van der Waals surface area contributed by atoms with Gasteiger partial charge < -0.3 is 10.1 Å². The molecular weight excluding hydrogens is 561 g/mol. The molecule has 0 fully saturated rings. The van der Waals surface area contributed by atoms with E-state index >= 15 is 0 Å². The smallest absolute Gasteiger partial charge is 0.307 e. The molecule has 10 heteroatoms. The lowest BCUT2D eigenvalue weighted by molar-refractivity contribution is -0.142. The van der Waals surface area contributed by atoms with Crippen molar-refractivity contribution in [3.63, 3.8) is 0 Å². The van der Waals surface area contributed by atoms with Gasteiger partial charge in [0, 0.05) is 45.7 Å². The Hall–Kier alpha value is -4.27. The van der Waals surface area contributed by atoms with Crippen molar-refractivity contribution in [1.82, 2.24) is 25.1 Å². The number of rotatable bonds is 9. The Morgan fingerprint density at radius 2 is 1.61 bits per heavy atom. The first-order valence-corrected chi connectivity index (χ1v) is 13.9. The molecule has 1 amide bonds. The summed E-state index contributed by atoms with van der Waals surface area (Å²) in [5.41, 5.74) is 6.33. The Morgan fingerprint density at radius 3 is 2.32 bits per heavy atom. The molecule has 0 aliphatic carbocycles. The zero-order valence-corrected chi connectivity index (χ0v) is 24.0. The van der Waals surface area contributed by atoms with Crippen molar-refractivity contribution in [2.24, 2.45) is 0 Å². The third-order valence-corrected chi connectivity index (χ3v) is 7.04. The molecule has 0 aliphatic rings. The predicted octanol–water partition coefficient (Wildman–Crippen LogP) is 6.76. The van der Waals surface area contributed by atoms with Crippen molar-refractivity contribution < 1.29 is 14.3 Å². The number of carbonyl (C=O) groups excluding carboxylic acids is 2. The summed E-state index contributed by atoms with van der Waals surface area (Å²) in [4.78, 5) is 33.0. The first kappa shape index (κ1) is 28.3. The number of nitrogens with zero attached hydrogens (tertiary/aromatic N) is 4. The van der Waals surface area contributed by atoms with Crippen LogP contribution in [-0.4, -0.2) is 44.8 Å². The van der Waals surface area contributed by atoms with Crippen LogP contribution in [0.3, 0.4) is 0 Å². The highest BCUT2D eigenvalue weighted by Gasteiger charge is 2.19. The lowest BCUT2D eigenvalue weighted by Gasteiger charge is -2.17. The number of nitrogens with one attached hydrogen (secondary N) is 1. The van der Waals surface area contributed by atoms with E-state index in [0.717, 1.165) is 33.4 Å². The van der Waals surface area contributed by atoms with Crippen molar-refractivity contribution in [2.45, 2.75) is 26.3 Å². The summed E-state index contributed by atoms with van der Waals surface area (Å²) in [5, 5.41) is 8.76. The van der Waals surface area contributed by atoms with Crippen LogP contribution in [0.4, 0.5) is 0 Å². The highest BCUT2D eigenvalue weighted by Crippen LogP contribution is 2.34. The zero-order chi connectivity index (χ0) is 28.9. The molecule has 3 aromatic carbocycles. The molecule has 0 saturated heterocycles. The lowest BCUT2D eigenvalue weighted by atomic mass is 10.0. The Balaban J connectivity index is 1.46. The van der Waals surface area contributed by atoms with E-state index in [9.17, 15) is 9.59 Å².